The number of nitrogens with two attached hydrogens (primary N) is 2. The van der Waals surface area contributed by atoms with E-state index in [-0.39, 0.29) is 11.4 Å². The Morgan fingerprint density at radius 3 is 1.33 bits per heavy atom. The van der Waals surface area contributed by atoms with Gasteiger partial charge < -0.3 is 11.5 Å². The lowest BCUT2D eigenvalue weighted by molar-refractivity contribution is -0.140. The van der Waals surface area contributed by atoms with Crippen LogP contribution >= 0.6 is 0 Å². The minimum Gasteiger partial charge on any atom is -0.399 e. The molecule has 0 radical (unpaired) electrons. The molecule has 0 heterocycles. The van der Waals surface area contributed by atoms with Crippen molar-refractivity contribution < 1.29 is 30.6 Å². The maximum Gasteiger partial charge on any atom is 0.417 e. The number of anilines is 2. The Morgan fingerprint density at radius 1 is 0.708 bits per heavy atom. The lowest BCUT2D eigenvalue weighted by Gasteiger charge is -2.16. The highest BCUT2D eigenvalue weighted by Crippen LogP contribution is 2.40. The Morgan fingerprint density at radius 2 is 1.04 bits per heavy atom. The van der Waals surface area contributed by atoms with Gasteiger partial charge in [-0.2, -0.15) is 26.3 Å². The summed E-state index contributed by atoms with van der Waals surface area (Å²) >= 11 is 0. The average Bonchev–Trinajstić information content (AvgIpc) is 2.44. The molecule has 0 saturated heterocycles. The maximum absolute atomic E-state index is 13.1. The predicted molar refractivity (Wildman–Crippen MR) is 76.4 cm³/mol. The van der Waals surface area contributed by atoms with E-state index in [1.165, 1.54) is 0 Å². The molecule has 0 bridgehead atoms. The Balaban J connectivity index is 2.68. The molecule has 0 aliphatic carbocycles. The molecule has 130 valence electrons. The van der Waals surface area contributed by atoms with Crippen LogP contribution in [0.5, 0.6) is 0 Å². The van der Waals surface area contributed by atoms with E-state index in [0.717, 1.165) is 24.3 Å². The first-order chi connectivity index (χ1) is 10.9. The first-order valence-corrected chi connectivity index (χ1v) is 7.41. The van der Waals surface area contributed by atoms with Crippen LogP contribution in [0, 0.1) is 0 Å². The van der Waals surface area contributed by atoms with E-state index < -0.39 is 44.1 Å². The van der Waals surface area contributed by atoms with Gasteiger partial charge in [0.1, 0.15) is 0 Å². The summed E-state index contributed by atoms with van der Waals surface area (Å²) in [6.45, 7) is 0. The highest BCUT2D eigenvalue weighted by Gasteiger charge is 2.39. The fraction of sp³-hybridized carbons (Fsp3) is 0.143. The summed E-state index contributed by atoms with van der Waals surface area (Å²) in [6, 6.07) is 4.71. The molecule has 0 spiro atoms. The number of halogens is 6. The van der Waals surface area contributed by atoms with Gasteiger partial charge in [0.15, 0.2) is 0 Å². The normalized spacial score (nSPS) is 12.6. The highest BCUT2D eigenvalue weighted by molar-refractivity contribution is 7.85. The zero-order valence-electron chi connectivity index (χ0n) is 11.7. The molecule has 2 rings (SSSR count). The average molecular weight is 368 g/mol. The smallest absolute Gasteiger partial charge is 0.399 e. The largest absolute Gasteiger partial charge is 0.417 e. The molecule has 0 fully saturated rings. The van der Waals surface area contributed by atoms with E-state index in [2.05, 4.69) is 0 Å². The second-order valence-electron chi connectivity index (χ2n) is 4.78. The predicted octanol–water partition coefficient (Wildman–Crippen LogP) is 4.06. The van der Waals surface area contributed by atoms with Gasteiger partial charge in [-0.3, -0.25) is 0 Å². The minimum atomic E-state index is -4.92. The zero-order chi connectivity index (χ0) is 18.3. The van der Waals surface area contributed by atoms with Crippen LogP contribution in [0.3, 0.4) is 0 Å². The molecule has 0 atom stereocenters. The summed E-state index contributed by atoms with van der Waals surface area (Å²) in [6.07, 6.45) is -9.85. The van der Waals surface area contributed by atoms with Crippen LogP contribution < -0.4 is 11.5 Å². The monoisotopic (exact) mass is 368 g/mol. The summed E-state index contributed by atoms with van der Waals surface area (Å²) in [7, 11) is -2.73. The fourth-order valence-electron chi connectivity index (χ4n) is 1.98. The molecule has 0 aliphatic rings. The first kappa shape index (κ1) is 18.1. The van der Waals surface area contributed by atoms with Crippen LogP contribution in [0.4, 0.5) is 37.7 Å². The summed E-state index contributed by atoms with van der Waals surface area (Å²) in [5.74, 6) is 0. The van der Waals surface area contributed by atoms with Gasteiger partial charge >= 0.3 is 12.4 Å². The molecule has 2 aromatic rings. The van der Waals surface area contributed by atoms with E-state index in [1.807, 2.05) is 0 Å². The molecule has 0 aromatic heterocycles. The topological polar surface area (TPSA) is 69.1 Å². The highest BCUT2D eigenvalue weighted by atomic mass is 32.2. The minimum absolute atomic E-state index is 0.253. The third-order valence-electron chi connectivity index (χ3n) is 3.02. The standard InChI is InChI=1S/C14H10F6N2OS/c15-13(16,17)9-5-7(21)1-3-11(9)24(23)12-4-2-8(22)6-10(12)14(18,19)20/h1-6H,21-22H2. The van der Waals surface area contributed by atoms with Crippen LogP contribution in [0.15, 0.2) is 46.2 Å². The van der Waals surface area contributed by atoms with E-state index >= 15 is 0 Å². The molecule has 3 nitrogen and oxygen atoms in total. The number of alkyl halides is 6. The van der Waals surface area contributed by atoms with E-state index in [0.29, 0.717) is 12.1 Å². The van der Waals surface area contributed by atoms with Crippen LogP contribution in [0.2, 0.25) is 0 Å². The molecule has 2 aromatic carbocycles. The maximum atomic E-state index is 13.1. The summed E-state index contributed by atoms with van der Waals surface area (Å²) < 4.78 is 90.9. The summed E-state index contributed by atoms with van der Waals surface area (Å²) in [4.78, 5) is -1.63. The van der Waals surface area contributed by atoms with Gasteiger partial charge in [0, 0.05) is 11.4 Å². The van der Waals surface area contributed by atoms with E-state index in [4.69, 9.17) is 11.5 Å². The van der Waals surface area contributed by atoms with Crippen molar-refractivity contribution in [2.45, 2.75) is 22.1 Å². The van der Waals surface area contributed by atoms with Crippen LogP contribution in [-0.4, -0.2) is 4.21 Å². The third kappa shape index (κ3) is 3.64. The number of benzene rings is 2. The molecular weight excluding hydrogens is 358 g/mol. The molecule has 24 heavy (non-hydrogen) atoms. The van der Waals surface area contributed by atoms with Gasteiger partial charge in [0.05, 0.1) is 31.7 Å². The summed E-state index contributed by atoms with van der Waals surface area (Å²) in [5.41, 5.74) is 7.35. The molecule has 0 amide bonds. The van der Waals surface area contributed by atoms with E-state index in [9.17, 15) is 30.6 Å². The van der Waals surface area contributed by atoms with Crippen molar-refractivity contribution in [3.05, 3.63) is 47.5 Å². The molecular formula is C14H10F6N2OS. The van der Waals surface area contributed by atoms with Crippen LogP contribution in [-0.2, 0) is 23.2 Å². The van der Waals surface area contributed by atoms with Crippen molar-refractivity contribution in [1.82, 2.24) is 0 Å². The Labute approximate surface area is 134 Å². The quantitative estimate of drug-likeness (QED) is 0.621. The van der Waals surface area contributed by atoms with Crippen molar-refractivity contribution in [3.63, 3.8) is 0 Å². The second-order valence-corrected chi connectivity index (χ2v) is 6.19. The van der Waals surface area contributed by atoms with E-state index in [1.54, 1.807) is 0 Å². The molecule has 10 heteroatoms. The fourth-order valence-corrected chi connectivity index (χ4v) is 3.35. The molecule has 4 N–H and O–H groups in total. The Hall–Kier alpha value is -2.23. The van der Waals surface area contributed by atoms with Crippen LogP contribution in [0.25, 0.3) is 0 Å². The molecule has 0 aliphatic heterocycles. The second kappa shape index (κ2) is 6.00. The van der Waals surface area contributed by atoms with Gasteiger partial charge in [-0.15, -0.1) is 0 Å². The molecule has 0 unspecified atom stereocenters. The van der Waals surface area contributed by atoms with Crippen molar-refractivity contribution in [1.29, 1.82) is 0 Å². The number of hydrogen-bond acceptors (Lipinski definition) is 3. The van der Waals surface area contributed by atoms with Crippen molar-refractivity contribution in [2.75, 3.05) is 11.5 Å². The zero-order valence-corrected chi connectivity index (χ0v) is 12.5. The van der Waals surface area contributed by atoms with Crippen molar-refractivity contribution in [3.8, 4) is 0 Å². The van der Waals surface area contributed by atoms with Gasteiger partial charge in [0.2, 0.25) is 0 Å². The first-order valence-electron chi connectivity index (χ1n) is 6.26. The Bertz CT molecular complexity index is 735. The Kier molecular flexibility index (Phi) is 4.53. The van der Waals surface area contributed by atoms with Crippen LogP contribution in [0.1, 0.15) is 11.1 Å². The molecule has 0 saturated carbocycles. The lowest BCUT2D eigenvalue weighted by Crippen LogP contribution is -2.14. The lowest BCUT2D eigenvalue weighted by atomic mass is 10.2. The van der Waals surface area contributed by atoms with Gasteiger partial charge in [-0.05, 0) is 36.4 Å². The van der Waals surface area contributed by atoms with Gasteiger partial charge in [-0.25, -0.2) is 4.21 Å². The number of nitrogen functional groups attached to an aromatic ring is 2. The SMILES string of the molecule is Nc1ccc(S(=O)c2ccc(N)cc2C(F)(F)F)c(C(F)(F)F)c1. The summed E-state index contributed by atoms with van der Waals surface area (Å²) in [5, 5.41) is 0. The third-order valence-corrected chi connectivity index (χ3v) is 4.53. The van der Waals surface area contributed by atoms with Gasteiger partial charge in [-0.1, -0.05) is 0 Å². The van der Waals surface area contributed by atoms with Gasteiger partial charge in [0.25, 0.3) is 0 Å². The number of rotatable bonds is 2. The van der Waals surface area contributed by atoms with Crippen molar-refractivity contribution >= 4 is 22.2 Å². The number of hydrogen-bond donors (Lipinski definition) is 2. The van der Waals surface area contributed by atoms with Crippen molar-refractivity contribution in [2.24, 2.45) is 0 Å².